The summed E-state index contributed by atoms with van der Waals surface area (Å²) in [5, 5.41) is 0. The van der Waals surface area contributed by atoms with E-state index in [9.17, 15) is 4.79 Å². The predicted octanol–water partition coefficient (Wildman–Crippen LogP) is 2.80. The lowest BCUT2D eigenvalue weighted by molar-refractivity contribution is -0.119. The molecule has 2 saturated heterocycles. The molecule has 0 N–H and O–H groups in total. The summed E-state index contributed by atoms with van der Waals surface area (Å²) in [6.07, 6.45) is 8.59. The number of amides is 1. The van der Waals surface area contributed by atoms with Crippen LogP contribution < -0.4 is 9.64 Å². The summed E-state index contributed by atoms with van der Waals surface area (Å²) in [4.78, 5) is 30.0. The Morgan fingerprint density at radius 1 is 1.17 bits per heavy atom. The van der Waals surface area contributed by atoms with Crippen LogP contribution in [0.25, 0.3) is 0 Å². The van der Waals surface area contributed by atoms with E-state index in [1.807, 2.05) is 37.1 Å². The van der Waals surface area contributed by atoms with Gasteiger partial charge in [-0.05, 0) is 58.1 Å². The van der Waals surface area contributed by atoms with Gasteiger partial charge >= 0.3 is 0 Å². The normalized spacial score (nSPS) is 26.3. The molecule has 2 aliphatic heterocycles. The van der Waals surface area contributed by atoms with Gasteiger partial charge in [0.2, 0.25) is 18.2 Å². The van der Waals surface area contributed by atoms with Crippen molar-refractivity contribution in [2.24, 2.45) is 0 Å². The van der Waals surface area contributed by atoms with E-state index in [2.05, 4.69) is 16.0 Å². The van der Waals surface area contributed by atoms with Gasteiger partial charge in [-0.1, -0.05) is 6.07 Å². The quantitative estimate of drug-likeness (QED) is 0.710. The highest BCUT2D eigenvalue weighted by atomic mass is 16.5. The van der Waals surface area contributed by atoms with Gasteiger partial charge in [0, 0.05) is 48.2 Å². The van der Waals surface area contributed by atoms with E-state index in [-0.39, 0.29) is 17.6 Å². The molecule has 0 aromatic carbocycles. The zero-order valence-corrected chi connectivity index (χ0v) is 17.8. The number of carbonyl (C=O) groups excluding carboxylic acids is 1. The van der Waals surface area contributed by atoms with Gasteiger partial charge < -0.3 is 14.5 Å². The van der Waals surface area contributed by atoms with Gasteiger partial charge in [-0.25, -0.2) is 15.0 Å². The lowest BCUT2D eigenvalue weighted by Gasteiger charge is -2.38. The van der Waals surface area contributed by atoms with Crippen molar-refractivity contribution in [3.05, 3.63) is 41.3 Å². The summed E-state index contributed by atoms with van der Waals surface area (Å²) >= 11 is 0. The SMILES string of the molecule is Cc1cc(C)nc(N2CC3(c4cccnc4OC4CCCC4)CC2CN(C=O)C3)n1. The van der Waals surface area contributed by atoms with E-state index in [1.54, 1.807) is 0 Å². The van der Waals surface area contributed by atoms with Gasteiger partial charge in [-0.2, -0.15) is 0 Å². The third kappa shape index (κ3) is 3.40. The molecule has 2 aromatic rings. The van der Waals surface area contributed by atoms with Crippen molar-refractivity contribution in [3.63, 3.8) is 0 Å². The van der Waals surface area contributed by atoms with Gasteiger partial charge in [-0.3, -0.25) is 4.79 Å². The van der Waals surface area contributed by atoms with Gasteiger partial charge in [0.25, 0.3) is 0 Å². The van der Waals surface area contributed by atoms with Crippen molar-refractivity contribution in [1.29, 1.82) is 0 Å². The zero-order valence-electron chi connectivity index (χ0n) is 17.8. The molecule has 7 nitrogen and oxygen atoms in total. The minimum atomic E-state index is -0.229. The highest BCUT2D eigenvalue weighted by Crippen LogP contribution is 2.46. The number of likely N-dealkylation sites (tertiary alicyclic amines) is 1. The summed E-state index contributed by atoms with van der Waals surface area (Å²) in [5.74, 6) is 1.49. The number of piperidine rings is 1. The molecule has 7 heteroatoms. The number of hydrogen-bond acceptors (Lipinski definition) is 6. The topological polar surface area (TPSA) is 71.5 Å². The van der Waals surface area contributed by atoms with Crippen LogP contribution in [-0.4, -0.2) is 58.0 Å². The highest BCUT2D eigenvalue weighted by molar-refractivity contribution is 5.53. The minimum absolute atomic E-state index is 0.185. The third-order valence-electron chi connectivity index (χ3n) is 6.79. The predicted molar refractivity (Wildman–Crippen MR) is 114 cm³/mol. The van der Waals surface area contributed by atoms with Crippen molar-refractivity contribution >= 4 is 12.4 Å². The summed E-state index contributed by atoms with van der Waals surface area (Å²) in [6.45, 7) is 6.13. The Morgan fingerprint density at radius 2 is 1.93 bits per heavy atom. The fraction of sp³-hybridized carbons (Fsp3) is 0.565. The fourth-order valence-electron chi connectivity index (χ4n) is 5.57. The number of ether oxygens (including phenoxy) is 1. The molecular weight excluding hydrogens is 378 g/mol. The Kier molecular flexibility index (Phi) is 4.83. The van der Waals surface area contributed by atoms with Gasteiger partial charge in [-0.15, -0.1) is 0 Å². The number of anilines is 1. The first kappa shape index (κ1) is 19.3. The number of fused-ring (bicyclic) bond motifs is 2. The van der Waals surface area contributed by atoms with Crippen molar-refractivity contribution in [2.45, 2.75) is 63.5 Å². The van der Waals surface area contributed by atoms with Gasteiger partial charge in [0.1, 0.15) is 6.10 Å². The molecule has 1 aliphatic carbocycles. The van der Waals surface area contributed by atoms with E-state index in [1.165, 1.54) is 12.8 Å². The second-order valence-electron chi connectivity index (χ2n) is 9.13. The van der Waals surface area contributed by atoms with Crippen LogP contribution >= 0.6 is 0 Å². The molecule has 3 aliphatic rings. The Hall–Kier alpha value is -2.70. The van der Waals surface area contributed by atoms with Crippen molar-refractivity contribution in [2.75, 3.05) is 24.5 Å². The van der Waals surface area contributed by atoms with E-state index in [0.29, 0.717) is 13.1 Å². The molecule has 158 valence electrons. The van der Waals surface area contributed by atoms with Crippen LogP contribution in [0.4, 0.5) is 5.95 Å². The van der Waals surface area contributed by atoms with Crippen LogP contribution in [0.5, 0.6) is 5.88 Å². The second kappa shape index (κ2) is 7.52. The average Bonchev–Trinajstić information content (AvgIpc) is 3.33. The number of nitrogens with zero attached hydrogens (tertiary/aromatic N) is 5. The fourth-order valence-corrected chi connectivity index (χ4v) is 5.57. The van der Waals surface area contributed by atoms with E-state index < -0.39 is 0 Å². The maximum atomic E-state index is 11.8. The van der Waals surface area contributed by atoms with Crippen LogP contribution in [0, 0.1) is 13.8 Å². The van der Waals surface area contributed by atoms with Crippen LogP contribution in [0.15, 0.2) is 24.4 Å². The molecule has 2 aromatic heterocycles. The van der Waals surface area contributed by atoms with Crippen molar-refractivity contribution in [3.8, 4) is 5.88 Å². The van der Waals surface area contributed by atoms with E-state index >= 15 is 0 Å². The van der Waals surface area contributed by atoms with Crippen LogP contribution in [0.3, 0.4) is 0 Å². The second-order valence-corrected chi connectivity index (χ2v) is 9.13. The van der Waals surface area contributed by atoms with Crippen LogP contribution in [-0.2, 0) is 10.2 Å². The Balaban J connectivity index is 1.53. The van der Waals surface area contributed by atoms with Crippen molar-refractivity contribution in [1.82, 2.24) is 19.9 Å². The monoisotopic (exact) mass is 407 g/mol. The first-order chi connectivity index (χ1) is 14.6. The molecule has 2 bridgehead atoms. The summed E-state index contributed by atoms with van der Waals surface area (Å²) in [5.41, 5.74) is 2.81. The van der Waals surface area contributed by atoms with Crippen LogP contribution in [0.1, 0.15) is 49.1 Å². The molecule has 2 atom stereocenters. The van der Waals surface area contributed by atoms with E-state index in [0.717, 1.165) is 61.0 Å². The maximum Gasteiger partial charge on any atom is 0.226 e. The Morgan fingerprint density at radius 3 is 2.67 bits per heavy atom. The summed E-state index contributed by atoms with van der Waals surface area (Å²) in [7, 11) is 0. The molecule has 5 rings (SSSR count). The number of carbonyl (C=O) groups is 1. The number of aryl methyl sites for hydroxylation is 2. The van der Waals surface area contributed by atoms with Gasteiger partial charge in [0.05, 0.1) is 6.04 Å². The molecular formula is C23H29N5O2. The molecule has 30 heavy (non-hydrogen) atoms. The van der Waals surface area contributed by atoms with Crippen LogP contribution in [0.2, 0.25) is 0 Å². The maximum absolute atomic E-state index is 11.8. The average molecular weight is 408 g/mol. The molecule has 4 heterocycles. The largest absolute Gasteiger partial charge is 0.474 e. The number of hydrogen-bond donors (Lipinski definition) is 0. The number of rotatable bonds is 5. The third-order valence-corrected chi connectivity index (χ3v) is 6.79. The lowest BCUT2D eigenvalue weighted by atomic mass is 9.76. The Bertz CT molecular complexity index is 925. The van der Waals surface area contributed by atoms with Crippen molar-refractivity contribution < 1.29 is 9.53 Å². The highest BCUT2D eigenvalue weighted by Gasteiger charge is 2.52. The minimum Gasteiger partial charge on any atom is -0.474 e. The zero-order chi connectivity index (χ0) is 20.7. The van der Waals surface area contributed by atoms with E-state index in [4.69, 9.17) is 14.7 Å². The molecule has 0 radical (unpaired) electrons. The summed E-state index contributed by atoms with van der Waals surface area (Å²) in [6, 6.07) is 6.29. The molecule has 3 fully saturated rings. The summed E-state index contributed by atoms with van der Waals surface area (Å²) < 4.78 is 6.39. The standard InChI is InChI=1S/C23H29N5O2/c1-16-10-17(2)26-22(25-16)28-14-23(11-18(28)12-27(13-23)15-29)20-8-5-9-24-21(20)30-19-6-3-4-7-19/h5,8-10,15,18-19H,3-4,6-7,11-14H2,1-2H3. The molecule has 1 saturated carbocycles. The Labute approximate surface area is 177 Å². The smallest absolute Gasteiger partial charge is 0.226 e. The number of pyridine rings is 1. The number of aromatic nitrogens is 3. The van der Waals surface area contributed by atoms with Gasteiger partial charge in [0.15, 0.2) is 0 Å². The molecule has 2 unspecified atom stereocenters. The lowest BCUT2D eigenvalue weighted by Crippen LogP contribution is -2.47. The molecule has 0 spiro atoms. The first-order valence-corrected chi connectivity index (χ1v) is 11.0. The molecule has 1 amide bonds. The first-order valence-electron chi connectivity index (χ1n) is 11.0.